The minimum atomic E-state index is -0.534. The van der Waals surface area contributed by atoms with Crippen LogP contribution in [-0.4, -0.2) is 54.0 Å². The molecule has 8 heteroatoms. The van der Waals surface area contributed by atoms with Gasteiger partial charge in [-0.05, 0) is 57.5 Å². The molecule has 1 aliphatic heterocycles. The Morgan fingerprint density at radius 1 is 1.28 bits per heavy atom. The number of aromatic hydroxyl groups is 1. The van der Waals surface area contributed by atoms with Gasteiger partial charge in [0, 0.05) is 24.4 Å². The number of hydrogen-bond acceptors (Lipinski definition) is 6. The zero-order chi connectivity index (χ0) is 23.3. The molecule has 0 aliphatic carbocycles. The Morgan fingerprint density at radius 3 is 2.59 bits per heavy atom. The van der Waals surface area contributed by atoms with E-state index >= 15 is 0 Å². The summed E-state index contributed by atoms with van der Waals surface area (Å²) in [6.07, 6.45) is 1.23. The van der Waals surface area contributed by atoms with Gasteiger partial charge < -0.3 is 19.1 Å². The van der Waals surface area contributed by atoms with Crippen LogP contribution >= 0.6 is 11.6 Å². The molecule has 1 atom stereocenters. The molecular formula is C24H31ClN2O5. The lowest BCUT2D eigenvalue weighted by Gasteiger charge is -2.37. The summed E-state index contributed by atoms with van der Waals surface area (Å²) < 4.78 is 12.0. The fraction of sp³-hybridized carbons (Fsp3) is 0.500. The summed E-state index contributed by atoms with van der Waals surface area (Å²) in [4.78, 5) is 27.9. The maximum absolute atomic E-state index is 13.5. The van der Waals surface area contributed by atoms with Crippen LogP contribution in [0.15, 0.2) is 35.1 Å². The van der Waals surface area contributed by atoms with Crippen molar-refractivity contribution in [3.05, 3.63) is 62.5 Å². The van der Waals surface area contributed by atoms with Crippen molar-refractivity contribution in [2.75, 3.05) is 33.4 Å². The Hall–Kier alpha value is -2.35. The van der Waals surface area contributed by atoms with Gasteiger partial charge in [-0.1, -0.05) is 29.8 Å². The minimum Gasteiger partial charge on any atom is -0.507 e. The molecule has 0 radical (unpaired) electrons. The van der Waals surface area contributed by atoms with Crippen molar-refractivity contribution in [1.82, 2.24) is 9.47 Å². The molecule has 0 saturated carbocycles. The average molecular weight is 463 g/mol. The number of rotatable bonds is 8. The van der Waals surface area contributed by atoms with Gasteiger partial charge in [0.2, 0.25) is 0 Å². The highest BCUT2D eigenvalue weighted by atomic mass is 35.5. The standard InChI is InChI=1S/C24H31ClN2O5/c1-4-32-24(30)17-9-11-26(12-10-17)22(18-7-5-6-8-19(18)25)21-20(28)15-16(2)27(23(21)29)13-14-31-3/h5-8,15,17,22,28H,4,9-14H2,1-3H3. The second kappa shape index (κ2) is 11.0. The number of piperidine rings is 1. The van der Waals surface area contributed by atoms with E-state index in [9.17, 15) is 14.7 Å². The number of halogens is 1. The molecule has 174 valence electrons. The first-order valence-corrected chi connectivity index (χ1v) is 11.3. The maximum atomic E-state index is 13.5. The number of pyridine rings is 1. The third-order valence-corrected chi connectivity index (χ3v) is 6.37. The van der Waals surface area contributed by atoms with Gasteiger partial charge in [0.05, 0.1) is 30.7 Å². The van der Waals surface area contributed by atoms with E-state index in [-0.39, 0.29) is 28.8 Å². The van der Waals surface area contributed by atoms with Crippen molar-refractivity contribution >= 4 is 17.6 Å². The largest absolute Gasteiger partial charge is 0.507 e. The quantitative estimate of drug-likeness (QED) is 0.604. The predicted octanol–water partition coefficient (Wildman–Crippen LogP) is 3.53. The van der Waals surface area contributed by atoms with E-state index < -0.39 is 6.04 Å². The zero-order valence-corrected chi connectivity index (χ0v) is 19.6. The van der Waals surface area contributed by atoms with Gasteiger partial charge in [0.1, 0.15) is 5.75 Å². The van der Waals surface area contributed by atoms with Gasteiger partial charge in [-0.3, -0.25) is 14.5 Å². The molecule has 1 aliphatic rings. The molecule has 1 saturated heterocycles. The van der Waals surface area contributed by atoms with Crippen LogP contribution in [0.2, 0.25) is 5.02 Å². The second-order valence-electron chi connectivity index (χ2n) is 8.02. The Labute approximate surface area is 193 Å². The van der Waals surface area contributed by atoms with Crippen LogP contribution in [-0.2, 0) is 20.8 Å². The molecule has 1 N–H and O–H groups in total. The Bertz CT molecular complexity index is 998. The molecule has 32 heavy (non-hydrogen) atoms. The topological polar surface area (TPSA) is 81.0 Å². The van der Waals surface area contributed by atoms with Gasteiger partial charge in [-0.15, -0.1) is 0 Å². The van der Waals surface area contributed by atoms with E-state index in [1.165, 1.54) is 0 Å². The maximum Gasteiger partial charge on any atom is 0.309 e. The highest BCUT2D eigenvalue weighted by Gasteiger charge is 2.34. The fourth-order valence-corrected chi connectivity index (χ4v) is 4.61. The van der Waals surface area contributed by atoms with E-state index in [2.05, 4.69) is 4.90 Å². The first kappa shape index (κ1) is 24.3. The highest BCUT2D eigenvalue weighted by Crippen LogP contribution is 2.38. The summed E-state index contributed by atoms with van der Waals surface area (Å²) in [5, 5.41) is 11.4. The van der Waals surface area contributed by atoms with Gasteiger partial charge in [0.15, 0.2) is 0 Å². The molecule has 1 fully saturated rings. The third-order valence-electron chi connectivity index (χ3n) is 6.03. The van der Waals surface area contributed by atoms with Crippen molar-refractivity contribution in [2.45, 2.75) is 39.3 Å². The van der Waals surface area contributed by atoms with Gasteiger partial charge in [0.25, 0.3) is 5.56 Å². The van der Waals surface area contributed by atoms with E-state index in [4.69, 9.17) is 21.1 Å². The lowest BCUT2D eigenvalue weighted by atomic mass is 9.91. The van der Waals surface area contributed by atoms with Crippen molar-refractivity contribution in [2.24, 2.45) is 5.92 Å². The summed E-state index contributed by atoms with van der Waals surface area (Å²) in [5.74, 6) is -0.400. The van der Waals surface area contributed by atoms with Crippen LogP contribution in [0.25, 0.3) is 0 Å². The summed E-state index contributed by atoms with van der Waals surface area (Å²) in [5.41, 5.74) is 1.43. The molecule has 1 aromatic carbocycles. The lowest BCUT2D eigenvalue weighted by Crippen LogP contribution is -2.42. The monoisotopic (exact) mass is 462 g/mol. The van der Waals surface area contributed by atoms with E-state index in [1.807, 2.05) is 18.2 Å². The number of carbonyl (C=O) groups excluding carboxylic acids is 1. The van der Waals surface area contributed by atoms with Gasteiger partial charge in [-0.2, -0.15) is 0 Å². The highest BCUT2D eigenvalue weighted by molar-refractivity contribution is 6.31. The molecule has 1 unspecified atom stereocenters. The number of esters is 1. The first-order valence-electron chi connectivity index (χ1n) is 11.0. The molecule has 2 aromatic rings. The summed E-state index contributed by atoms with van der Waals surface area (Å²) >= 11 is 6.56. The molecule has 0 spiro atoms. The zero-order valence-electron chi connectivity index (χ0n) is 18.8. The van der Waals surface area contributed by atoms with Crippen molar-refractivity contribution in [3.63, 3.8) is 0 Å². The SMILES string of the molecule is CCOC(=O)C1CCN(C(c2ccccc2Cl)c2c(O)cc(C)n(CCOC)c2=O)CC1. The normalized spacial score (nSPS) is 16.1. The number of nitrogens with zero attached hydrogens (tertiary/aromatic N) is 2. The Morgan fingerprint density at radius 2 is 1.97 bits per heavy atom. The number of hydrogen-bond donors (Lipinski definition) is 1. The molecule has 0 bridgehead atoms. The van der Waals surface area contributed by atoms with Crippen molar-refractivity contribution < 1.29 is 19.4 Å². The van der Waals surface area contributed by atoms with Crippen molar-refractivity contribution in [1.29, 1.82) is 0 Å². The molecule has 0 amide bonds. The number of carbonyl (C=O) groups is 1. The van der Waals surface area contributed by atoms with Crippen LogP contribution in [0, 0.1) is 12.8 Å². The number of aromatic nitrogens is 1. The minimum absolute atomic E-state index is 0.0568. The van der Waals surface area contributed by atoms with E-state index in [1.54, 1.807) is 37.7 Å². The second-order valence-corrected chi connectivity index (χ2v) is 8.43. The van der Waals surface area contributed by atoms with Crippen LogP contribution in [0.5, 0.6) is 5.75 Å². The lowest BCUT2D eigenvalue weighted by molar-refractivity contribution is -0.149. The number of ether oxygens (including phenoxy) is 2. The van der Waals surface area contributed by atoms with Gasteiger partial charge >= 0.3 is 5.97 Å². The smallest absolute Gasteiger partial charge is 0.309 e. The van der Waals surface area contributed by atoms with Crippen LogP contribution in [0.3, 0.4) is 0 Å². The van der Waals surface area contributed by atoms with Crippen molar-refractivity contribution in [3.8, 4) is 5.75 Å². The number of likely N-dealkylation sites (tertiary alicyclic amines) is 1. The predicted molar refractivity (Wildman–Crippen MR) is 123 cm³/mol. The molecule has 7 nitrogen and oxygen atoms in total. The average Bonchev–Trinajstić information content (AvgIpc) is 2.77. The summed E-state index contributed by atoms with van der Waals surface area (Å²) in [6.45, 7) is 5.86. The van der Waals surface area contributed by atoms with Crippen LogP contribution < -0.4 is 5.56 Å². The molecular weight excluding hydrogens is 432 g/mol. The first-order chi connectivity index (χ1) is 15.4. The molecule has 3 rings (SSSR count). The Balaban J connectivity index is 2.04. The number of methoxy groups -OCH3 is 1. The third kappa shape index (κ3) is 5.17. The summed E-state index contributed by atoms with van der Waals surface area (Å²) in [7, 11) is 1.59. The van der Waals surface area contributed by atoms with Gasteiger partial charge in [-0.25, -0.2) is 0 Å². The van der Waals surface area contributed by atoms with Crippen LogP contribution in [0.1, 0.15) is 42.6 Å². The van der Waals surface area contributed by atoms with Crippen LogP contribution in [0.4, 0.5) is 0 Å². The fourth-order valence-electron chi connectivity index (χ4n) is 4.37. The summed E-state index contributed by atoms with van der Waals surface area (Å²) in [6, 6.07) is 8.44. The van der Waals surface area contributed by atoms with E-state index in [0.29, 0.717) is 56.4 Å². The molecule has 1 aromatic heterocycles. The number of aryl methyl sites for hydroxylation is 1. The number of benzene rings is 1. The van der Waals surface area contributed by atoms with E-state index in [0.717, 1.165) is 5.56 Å². The Kier molecular flexibility index (Phi) is 8.34. The molecule has 2 heterocycles.